The molecule has 5 nitrogen and oxygen atoms in total. The van der Waals surface area contributed by atoms with Crippen LogP contribution in [-0.2, 0) is 16.0 Å². The van der Waals surface area contributed by atoms with Crippen LogP contribution in [0.4, 0.5) is 10.1 Å². The Hall–Kier alpha value is -3.19. The second kappa shape index (κ2) is 11.3. The zero-order valence-electron chi connectivity index (χ0n) is 19.2. The summed E-state index contributed by atoms with van der Waals surface area (Å²) in [5, 5.41) is 5.02. The van der Waals surface area contributed by atoms with Gasteiger partial charge in [0.1, 0.15) is 17.6 Å². The first-order valence-corrected chi connectivity index (χ1v) is 12.6. The van der Waals surface area contributed by atoms with Gasteiger partial charge in [-0.2, -0.15) is 0 Å². The van der Waals surface area contributed by atoms with Crippen molar-refractivity contribution < 1.29 is 18.7 Å². The van der Waals surface area contributed by atoms with E-state index < -0.39 is 11.9 Å². The number of halogens is 1. The average molecular weight is 481 g/mol. The molecule has 178 valence electrons. The average Bonchev–Trinajstić information content (AvgIpc) is 3.53. The molecule has 0 saturated heterocycles. The van der Waals surface area contributed by atoms with E-state index in [1.165, 1.54) is 22.3 Å². The van der Waals surface area contributed by atoms with E-state index >= 15 is 4.39 Å². The van der Waals surface area contributed by atoms with Crippen molar-refractivity contribution in [3.63, 3.8) is 0 Å². The van der Waals surface area contributed by atoms with Crippen LogP contribution in [0.5, 0.6) is 5.75 Å². The number of para-hydroxylation sites is 2. The molecule has 1 saturated carbocycles. The van der Waals surface area contributed by atoms with Crippen LogP contribution in [0.3, 0.4) is 0 Å². The normalized spacial score (nSPS) is 14.5. The molecular formula is C27H29FN2O3S. The van der Waals surface area contributed by atoms with Crippen molar-refractivity contribution in [3.05, 3.63) is 82.3 Å². The van der Waals surface area contributed by atoms with E-state index in [1.54, 1.807) is 36.4 Å². The molecule has 0 aliphatic heterocycles. The van der Waals surface area contributed by atoms with Crippen LogP contribution in [0.2, 0.25) is 0 Å². The number of carbonyl (C=O) groups is 2. The number of benzene rings is 2. The number of thiophene rings is 1. The molecule has 1 aliphatic carbocycles. The number of anilines is 1. The van der Waals surface area contributed by atoms with E-state index in [2.05, 4.69) is 5.32 Å². The van der Waals surface area contributed by atoms with Gasteiger partial charge in [0, 0.05) is 16.5 Å². The number of amides is 2. The highest BCUT2D eigenvalue weighted by molar-refractivity contribution is 7.10. The smallest absolute Gasteiger partial charge is 0.248 e. The molecule has 34 heavy (non-hydrogen) atoms. The first-order valence-electron chi connectivity index (χ1n) is 11.7. The second-order valence-electron chi connectivity index (χ2n) is 8.33. The van der Waals surface area contributed by atoms with Crippen molar-refractivity contribution in [1.29, 1.82) is 0 Å². The highest BCUT2D eigenvalue weighted by atomic mass is 32.1. The maximum absolute atomic E-state index is 15.1. The van der Waals surface area contributed by atoms with Gasteiger partial charge in [-0.1, -0.05) is 49.2 Å². The summed E-state index contributed by atoms with van der Waals surface area (Å²) in [4.78, 5) is 29.7. The number of hydrogen-bond acceptors (Lipinski definition) is 4. The lowest BCUT2D eigenvalue weighted by Gasteiger charge is -2.33. The molecule has 1 aromatic heterocycles. The summed E-state index contributed by atoms with van der Waals surface area (Å²) < 4.78 is 20.9. The van der Waals surface area contributed by atoms with Gasteiger partial charge in [-0.15, -0.1) is 11.3 Å². The zero-order chi connectivity index (χ0) is 23.9. The Bertz CT molecular complexity index is 1110. The number of rotatable bonds is 9. The van der Waals surface area contributed by atoms with Gasteiger partial charge in [0.2, 0.25) is 11.8 Å². The van der Waals surface area contributed by atoms with E-state index in [9.17, 15) is 9.59 Å². The Morgan fingerprint density at radius 3 is 2.53 bits per heavy atom. The van der Waals surface area contributed by atoms with Crippen molar-refractivity contribution in [2.24, 2.45) is 0 Å². The molecule has 0 radical (unpaired) electrons. The SMILES string of the molecule is CCOc1ccccc1C(C(=O)NC1CCCC1)N(C(=O)Cc1cccs1)c1ccccc1F. The maximum atomic E-state index is 15.1. The first kappa shape index (κ1) is 24.0. The Kier molecular flexibility index (Phi) is 7.95. The van der Waals surface area contributed by atoms with E-state index in [0.717, 1.165) is 30.6 Å². The standard InChI is InChI=1S/C27H29FN2O3S/c1-2-33-24-16-8-5-13-21(24)26(27(32)29-19-10-3-4-11-19)30(23-15-7-6-14-22(23)28)25(31)18-20-12-9-17-34-20/h5-9,12-17,19,26H,2-4,10-11,18H2,1H3,(H,29,32). The molecule has 0 spiro atoms. The van der Waals surface area contributed by atoms with E-state index in [0.29, 0.717) is 17.9 Å². The van der Waals surface area contributed by atoms with Gasteiger partial charge in [-0.3, -0.25) is 14.5 Å². The maximum Gasteiger partial charge on any atom is 0.248 e. The van der Waals surface area contributed by atoms with Crippen molar-refractivity contribution in [2.75, 3.05) is 11.5 Å². The van der Waals surface area contributed by atoms with Gasteiger partial charge in [-0.05, 0) is 49.4 Å². The van der Waals surface area contributed by atoms with Crippen LogP contribution < -0.4 is 15.0 Å². The Morgan fingerprint density at radius 2 is 1.82 bits per heavy atom. The predicted molar refractivity (Wildman–Crippen MR) is 133 cm³/mol. The third-order valence-electron chi connectivity index (χ3n) is 6.01. The molecule has 1 fully saturated rings. The Balaban J connectivity index is 1.82. The number of hydrogen-bond donors (Lipinski definition) is 1. The van der Waals surface area contributed by atoms with E-state index in [1.807, 2.05) is 30.5 Å². The van der Waals surface area contributed by atoms with Crippen LogP contribution in [0.15, 0.2) is 66.0 Å². The third-order valence-corrected chi connectivity index (χ3v) is 6.88. The molecule has 1 aliphatic rings. The van der Waals surface area contributed by atoms with Gasteiger partial charge in [0.05, 0.1) is 18.7 Å². The predicted octanol–water partition coefficient (Wildman–Crippen LogP) is 5.66. The van der Waals surface area contributed by atoms with Crippen LogP contribution in [0, 0.1) is 5.82 Å². The quantitative estimate of drug-likeness (QED) is 0.430. The van der Waals surface area contributed by atoms with Gasteiger partial charge >= 0.3 is 0 Å². The van der Waals surface area contributed by atoms with Gasteiger partial charge in [0.25, 0.3) is 0 Å². The topological polar surface area (TPSA) is 58.6 Å². The minimum Gasteiger partial charge on any atom is -0.493 e. The summed E-state index contributed by atoms with van der Waals surface area (Å²) in [6.07, 6.45) is 3.97. The number of carbonyl (C=O) groups excluding carboxylic acids is 2. The van der Waals surface area contributed by atoms with E-state index in [-0.39, 0.29) is 30.0 Å². The second-order valence-corrected chi connectivity index (χ2v) is 9.37. The summed E-state index contributed by atoms with van der Waals surface area (Å²) in [5.41, 5.74) is 0.601. The summed E-state index contributed by atoms with van der Waals surface area (Å²) in [7, 11) is 0. The molecule has 1 heterocycles. The molecule has 2 aromatic carbocycles. The highest BCUT2D eigenvalue weighted by Crippen LogP contribution is 2.36. The fourth-order valence-corrected chi connectivity index (χ4v) is 5.15. The van der Waals surface area contributed by atoms with Crippen molar-refractivity contribution in [1.82, 2.24) is 5.32 Å². The monoisotopic (exact) mass is 480 g/mol. The lowest BCUT2D eigenvalue weighted by molar-refractivity contribution is -0.127. The van der Waals surface area contributed by atoms with Crippen LogP contribution >= 0.6 is 11.3 Å². The molecule has 0 bridgehead atoms. The molecule has 3 aromatic rings. The third kappa shape index (κ3) is 5.47. The number of ether oxygens (including phenoxy) is 1. The minimum absolute atomic E-state index is 0.0455. The Labute approximate surface area is 203 Å². The van der Waals surface area contributed by atoms with Gasteiger partial charge in [-0.25, -0.2) is 4.39 Å². The van der Waals surface area contributed by atoms with Gasteiger partial charge in [0.15, 0.2) is 0 Å². The molecule has 1 N–H and O–H groups in total. The molecule has 1 unspecified atom stereocenters. The zero-order valence-corrected chi connectivity index (χ0v) is 20.0. The molecule has 1 atom stereocenters. The molecular weight excluding hydrogens is 451 g/mol. The first-order chi connectivity index (χ1) is 16.6. The van der Waals surface area contributed by atoms with Crippen LogP contribution in [-0.4, -0.2) is 24.5 Å². The Morgan fingerprint density at radius 1 is 1.09 bits per heavy atom. The molecule has 4 rings (SSSR count). The lowest BCUT2D eigenvalue weighted by Crippen LogP contribution is -2.47. The fraction of sp³-hybridized carbons (Fsp3) is 0.333. The minimum atomic E-state index is -1.08. The van der Waals surface area contributed by atoms with Crippen LogP contribution in [0.25, 0.3) is 0 Å². The van der Waals surface area contributed by atoms with Crippen molar-refractivity contribution in [3.8, 4) is 5.75 Å². The summed E-state index contributed by atoms with van der Waals surface area (Å²) in [5.74, 6) is -0.747. The van der Waals surface area contributed by atoms with Crippen molar-refractivity contribution >= 4 is 28.8 Å². The summed E-state index contributed by atoms with van der Waals surface area (Å²) in [6, 6.07) is 16.0. The largest absolute Gasteiger partial charge is 0.493 e. The number of nitrogens with one attached hydrogen (secondary N) is 1. The molecule has 7 heteroatoms. The summed E-state index contributed by atoms with van der Waals surface area (Å²) in [6.45, 7) is 2.26. The van der Waals surface area contributed by atoms with Gasteiger partial charge < -0.3 is 10.1 Å². The van der Waals surface area contributed by atoms with Crippen LogP contribution in [0.1, 0.15) is 49.1 Å². The summed E-state index contributed by atoms with van der Waals surface area (Å²) >= 11 is 1.45. The highest BCUT2D eigenvalue weighted by Gasteiger charge is 2.37. The molecule has 2 amide bonds. The number of nitrogens with zero attached hydrogens (tertiary/aromatic N) is 1. The lowest BCUT2D eigenvalue weighted by atomic mass is 10.0. The van der Waals surface area contributed by atoms with E-state index in [4.69, 9.17) is 4.74 Å². The van der Waals surface area contributed by atoms with Crippen molar-refractivity contribution in [2.45, 2.75) is 51.1 Å². The fourth-order valence-electron chi connectivity index (χ4n) is 4.45.